The molecule has 0 N–H and O–H groups in total. The number of rotatable bonds is 2. The summed E-state index contributed by atoms with van der Waals surface area (Å²) in [4.78, 5) is 2.33. The van der Waals surface area contributed by atoms with Crippen LogP contribution in [0.15, 0.2) is 152 Å². The normalized spacial score (nSPS) is 13.4. The maximum atomic E-state index is 6.78. The summed E-state index contributed by atoms with van der Waals surface area (Å²) in [5, 5.41) is 2.50. The van der Waals surface area contributed by atoms with Crippen LogP contribution in [0.25, 0.3) is 38.6 Å². The van der Waals surface area contributed by atoms with Gasteiger partial charge in [0.25, 0.3) is 6.71 Å². The van der Waals surface area contributed by atoms with Crippen molar-refractivity contribution in [3.05, 3.63) is 152 Å². The smallest absolute Gasteiger partial charge is 0.256 e. The molecule has 0 amide bonds. The number of hydrogen-bond donors (Lipinski definition) is 0. The van der Waals surface area contributed by atoms with E-state index in [1.54, 1.807) is 0 Å². The summed E-state index contributed by atoms with van der Waals surface area (Å²) in [6.45, 7) is 0.0346. The molecular formula is C42H25BN2O2. The molecule has 8 aromatic rings. The highest BCUT2D eigenvalue weighted by atomic mass is 16.5. The molecule has 3 aliphatic heterocycles. The minimum Gasteiger partial charge on any atom is -0.458 e. The van der Waals surface area contributed by atoms with Crippen molar-refractivity contribution in [2.45, 2.75) is 0 Å². The number of para-hydroxylation sites is 6. The Kier molecular flexibility index (Phi) is 4.89. The quantitative estimate of drug-likeness (QED) is 0.185. The molecule has 1 aromatic heterocycles. The lowest BCUT2D eigenvalue weighted by atomic mass is 9.34. The highest BCUT2D eigenvalue weighted by Gasteiger charge is 2.41. The van der Waals surface area contributed by atoms with Gasteiger partial charge in [0.15, 0.2) is 11.5 Å². The van der Waals surface area contributed by atoms with Crippen LogP contribution in [0.2, 0.25) is 0 Å². The Morgan fingerprint density at radius 3 is 1.96 bits per heavy atom. The van der Waals surface area contributed by atoms with Crippen molar-refractivity contribution in [2.75, 3.05) is 4.90 Å². The minimum absolute atomic E-state index is 0.0346. The fourth-order valence-electron chi connectivity index (χ4n) is 8.13. The predicted octanol–water partition coefficient (Wildman–Crippen LogP) is 8.96. The molecule has 4 heterocycles. The van der Waals surface area contributed by atoms with Gasteiger partial charge in [-0.3, -0.25) is 0 Å². The van der Waals surface area contributed by atoms with Crippen LogP contribution in [0.1, 0.15) is 0 Å². The highest BCUT2D eigenvalue weighted by Crippen LogP contribution is 2.51. The van der Waals surface area contributed by atoms with Gasteiger partial charge in [0.05, 0.1) is 22.4 Å². The van der Waals surface area contributed by atoms with E-state index in [9.17, 15) is 0 Å². The van der Waals surface area contributed by atoms with Crippen LogP contribution in [0, 0.1) is 0 Å². The molecule has 0 atom stereocenters. The maximum Gasteiger partial charge on any atom is 0.256 e. The molecule has 5 heteroatoms. The van der Waals surface area contributed by atoms with Crippen LogP contribution >= 0.6 is 0 Å². The Hall–Kier alpha value is -6.20. The zero-order chi connectivity index (χ0) is 30.6. The number of aromatic nitrogens is 1. The van der Waals surface area contributed by atoms with Gasteiger partial charge in [-0.05, 0) is 82.1 Å². The fourth-order valence-corrected chi connectivity index (χ4v) is 8.13. The van der Waals surface area contributed by atoms with E-state index in [4.69, 9.17) is 9.47 Å². The van der Waals surface area contributed by atoms with Gasteiger partial charge in [-0.1, -0.05) is 97.1 Å². The molecule has 0 aliphatic carbocycles. The molecular weight excluding hydrogens is 575 g/mol. The first kappa shape index (κ1) is 25.0. The zero-order valence-electron chi connectivity index (χ0n) is 25.2. The SMILES string of the molecule is c1ccc(-c2cc3c4c5c2c2ccccc2n5-c2cc(N5c6ccccc6Oc6ccccc65)ccc2B4c2ccccc2O3)cc1. The Balaban J connectivity index is 1.27. The van der Waals surface area contributed by atoms with Crippen molar-refractivity contribution in [3.63, 3.8) is 0 Å². The molecule has 218 valence electrons. The molecule has 4 nitrogen and oxygen atoms in total. The topological polar surface area (TPSA) is 26.6 Å². The van der Waals surface area contributed by atoms with Crippen LogP contribution in [-0.4, -0.2) is 11.3 Å². The lowest BCUT2D eigenvalue weighted by Gasteiger charge is -2.36. The molecule has 7 aromatic carbocycles. The predicted molar refractivity (Wildman–Crippen MR) is 192 cm³/mol. The average Bonchev–Trinajstić information content (AvgIpc) is 3.49. The molecule has 11 rings (SSSR count). The van der Waals surface area contributed by atoms with Gasteiger partial charge in [0.2, 0.25) is 0 Å². The van der Waals surface area contributed by atoms with Gasteiger partial charge >= 0.3 is 0 Å². The third kappa shape index (κ3) is 3.32. The Morgan fingerprint density at radius 1 is 0.489 bits per heavy atom. The van der Waals surface area contributed by atoms with Gasteiger partial charge in [0, 0.05) is 22.1 Å². The largest absolute Gasteiger partial charge is 0.458 e. The number of hydrogen-bond acceptors (Lipinski definition) is 3. The monoisotopic (exact) mass is 600 g/mol. The van der Waals surface area contributed by atoms with Gasteiger partial charge in [-0.15, -0.1) is 0 Å². The molecule has 0 spiro atoms. The van der Waals surface area contributed by atoms with Gasteiger partial charge in [-0.25, -0.2) is 0 Å². The van der Waals surface area contributed by atoms with Crippen LogP contribution in [-0.2, 0) is 0 Å². The lowest BCUT2D eigenvalue weighted by Crippen LogP contribution is -2.58. The molecule has 0 unspecified atom stereocenters. The standard InChI is InChI=1S/C42H25BN2O2/c1-2-12-26(13-3-1)29-25-39-41-42-40(29)28-14-4-6-16-32(28)45(42)35-24-27(22-23-30(35)43(41)31-15-5-9-19-36(31)46-39)44-33-17-7-10-20-37(33)47-38-21-11-8-18-34(38)44/h1-25H. The van der Waals surface area contributed by atoms with Crippen LogP contribution in [0.3, 0.4) is 0 Å². The van der Waals surface area contributed by atoms with E-state index in [2.05, 4.69) is 137 Å². The number of fused-ring (bicyclic) bond motifs is 10. The summed E-state index contributed by atoms with van der Waals surface area (Å²) < 4.78 is 15.6. The van der Waals surface area contributed by atoms with Crippen LogP contribution in [0.5, 0.6) is 23.0 Å². The lowest BCUT2D eigenvalue weighted by molar-refractivity contribution is 0.477. The second-order valence-electron chi connectivity index (χ2n) is 12.5. The molecule has 47 heavy (non-hydrogen) atoms. The van der Waals surface area contributed by atoms with E-state index < -0.39 is 0 Å². The van der Waals surface area contributed by atoms with E-state index in [-0.39, 0.29) is 6.71 Å². The van der Waals surface area contributed by atoms with Crippen molar-refractivity contribution in [1.29, 1.82) is 0 Å². The first-order chi connectivity index (χ1) is 23.3. The zero-order valence-corrected chi connectivity index (χ0v) is 25.2. The minimum atomic E-state index is 0.0346. The number of nitrogens with zero attached hydrogens (tertiary/aromatic N) is 2. The maximum absolute atomic E-state index is 6.78. The van der Waals surface area contributed by atoms with E-state index in [0.717, 1.165) is 40.1 Å². The Bertz CT molecular complexity index is 2560. The molecule has 0 radical (unpaired) electrons. The highest BCUT2D eigenvalue weighted by molar-refractivity contribution is 6.99. The summed E-state index contributed by atoms with van der Waals surface area (Å²) in [6, 6.07) is 53.9. The Labute approximate surface area is 271 Å². The molecule has 0 saturated carbocycles. The van der Waals surface area contributed by atoms with Gasteiger partial charge < -0.3 is 18.9 Å². The number of benzene rings is 7. The van der Waals surface area contributed by atoms with E-state index >= 15 is 0 Å². The van der Waals surface area contributed by atoms with Crippen LogP contribution in [0.4, 0.5) is 17.1 Å². The van der Waals surface area contributed by atoms with Gasteiger partial charge in [-0.2, -0.15) is 0 Å². The third-order valence-electron chi connectivity index (χ3n) is 10.0. The number of ether oxygens (including phenoxy) is 2. The van der Waals surface area contributed by atoms with Crippen molar-refractivity contribution < 1.29 is 9.47 Å². The Morgan fingerprint density at radius 2 is 1.15 bits per heavy atom. The first-order valence-corrected chi connectivity index (χ1v) is 16.1. The van der Waals surface area contributed by atoms with Crippen LogP contribution < -0.4 is 30.8 Å². The van der Waals surface area contributed by atoms with Crippen molar-refractivity contribution in [2.24, 2.45) is 0 Å². The molecule has 0 bridgehead atoms. The van der Waals surface area contributed by atoms with E-state index in [1.165, 1.54) is 55.0 Å². The van der Waals surface area contributed by atoms with E-state index in [0.29, 0.717) is 0 Å². The van der Waals surface area contributed by atoms with Crippen molar-refractivity contribution in [3.8, 4) is 39.8 Å². The second kappa shape index (κ2) is 9.18. The molecule has 3 aliphatic rings. The summed E-state index contributed by atoms with van der Waals surface area (Å²) in [5.74, 6) is 3.53. The molecule has 0 saturated heterocycles. The van der Waals surface area contributed by atoms with Crippen molar-refractivity contribution in [1.82, 2.24) is 4.57 Å². The van der Waals surface area contributed by atoms with Crippen molar-refractivity contribution >= 4 is 62.0 Å². The summed E-state index contributed by atoms with van der Waals surface area (Å²) >= 11 is 0. The fraction of sp³-hybridized carbons (Fsp3) is 0. The second-order valence-corrected chi connectivity index (χ2v) is 12.5. The third-order valence-corrected chi connectivity index (χ3v) is 10.0. The summed E-state index contributed by atoms with van der Waals surface area (Å²) in [6.07, 6.45) is 0. The number of anilines is 3. The molecule has 0 fully saturated rings. The summed E-state index contributed by atoms with van der Waals surface area (Å²) in [7, 11) is 0. The van der Waals surface area contributed by atoms with E-state index in [1.807, 2.05) is 24.3 Å². The summed E-state index contributed by atoms with van der Waals surface area (Å²) in [5.41, 5.74) is 12.8. The average molecular weight is 600 g/mol. The first-order valence-electron chi connectivity index (χ1n) is 16.1. The van der Waals surface area contributed by atoms with Gasteiger partial charge in [0.1, 0.15) is 11.5 Å².